The highest BCUT2D eigenvalue weighted by molar-refractivity contribution is 6.17. The summed E-state index contributed by atoms with van der Waals surface area (Å²) in [6, 6.07) is 3.62. The van der Waals surface area contributed by atoms with E-state index in [0.29, 0.717) is 23.1 Å². The molecule has 1 N–H and O–H groups in total. The monoisotopic (exact) mass is 259 g/mol. The van der Waals surface area contributed by atoms with Crippen LogP contribution in [-0.4, -0.2) is 33.8 Å². The molecule has 0 heterocycles. The molecule has 0 radical (unpaired) electrons. The molecule has 0 aliphatic carbocycles. The summed E-state index contributed by atoms with van der Waals surface area (Å²) in [5.41, 5.74) is 0.820. The molecule has 0 amide bonds. The van der Waals surface area contributed by atoms with Gasteiger partial charge in [0.25, 0.3) is 0 Å². The van der Waals surface area contributed by atoms with Gasteiger partial charge in [0.15, 0.2) is 0 Å². The number of rotatable bonds is 7. The first-order valence-electron chi connectivity index (χ1n) is 5.36. The summed E-state index contributed by atoms with van der Waals surface area (Å²) in [6.45, 7) is 0.766. The van der Waals surface area contributed by atoms with Gasteiger partial charge < -0.3 is 19.5 Å². The number of benzene rings is 1. The van der Waals surface area contributed by atoms with Crippen LogP contribution in [0.3, 0.4) is 0 Å². The lowest BCUT2D eigenvalue weighted by Crippen LogP contribution is -2.05. The highest BCUT2D eigenvalue weighted by Gasteiger charge is 2.12. The highest BCUT2D eigenvalue weighted by Crippen LogP contribution is 2.38. The summed E-state index contributed by atoms with van der Waals surface area (Å²) >= 11 is 5.64. The van der Waals surface area contributed by atoms with Gasteiger partial charge in [-0.05, 0) is 6.42 Å². The Morgan fingerprint density at radius 1 is 1.06 bits per heavy atom. The number of alkyl halides is 1. The first-order chi connectivity index (χ1) is 8.26. The maximum Gasteiger partial charge on any atom is 0.149 e. The van der Waals surface area contributed by atoms with Crippen LogP contribution in [0.5, 0.6) is 17.2 Å². The molecule has 17 heavy (non-hydrogen) atoms. The van der Waals surface area contributed by atoms with Crippen LogP contribution in [0, 0.1) is 0 Å². The molecule has 96 valence electrons. The Hall–Kier alpha value is -1.29. The minimum atomic E-state index is 0.619. The highest BCUT2D eigenvalue weighted by atomic mass is 35.5. The Labute approximate surface area is 107 Å². The second kappa shape index (κ2) is 7.12. The molecule has 1 aromatic carbocycles. The molecule has 0 aliphatic rings. The molecule has 1 rings (SSSR count). The number of methoxy groups -OCH3 is 3. The van der Waals surface area contributed by atoms with Gasteiger partial charge in [0.1, 0.15) is 22.9 Å². The van der Waals surface area contributed by atoms with Gasteiger partial charge in [-0.1, -0.05) is 0 Å². The molecular formula is C12H18ClNO3. The zero-order valence-electron chi connectivity index (χ0n) is 10.4. The second-order valence-electron chi connectivity index (χ2n) is 3.38. The minimum absolute atomic E-state index is 0.619. The Balaban J connectivity index is 2.98. The zero-order valence-corrected chi connectivity index (χ0v) is 11.1. The van der Waals surface area contributed by atoms with Crippen molar-refractivity contribution in [1.82, 2.24) is 0 Å². The topological polar surface area (TPSA) is 39.7 Å². The van der Waals surface area contributed by atoms with Crippen molar-refractivity contribution in [1.29, 1.82) is 0 Å². The van der Waals surface area contributed by atoms with E-state index in [-0.39, 0.29) is 0 Å². The van der Waals surface area contributed by atoms with Gasteiger partial charge in [0.2, 0.25) is 0 Å². The smallest absolute Gasteiger partial charge is 0.149 e. The number of anilines is 1. The van der Waals surface area contributed by atoms with E-state index < -0.39 is 0 Å². The molecule has 0 bridgehead atoms. The van der Waals surface area contributed by atoms with Gasteiger partial charge in [0, 0.05) is 24.6 Å². The van der Waals surface area contributed by atoms with Crippen LogP contribution in [0.2, 0.25) is 0 Å². The van der Waals surface area contributed by atoms with Crippen molar-refractivity contribution in [3.8, 4) is 17.2 Å². The number of ether oxygens (including phenoxy) is 3. The third-order valence-corrected chi connectivity index (χ3v) is 2.59. The maximum atomic E-state index is 5.64. The molecule has 0 aromatic heterocycles. The predicted octanol–water partition coefficient (Wildman–Crippen LogP) is 2.75. The van der Waals surface area contributed by atoms with Gasteiger partial charge in [-0.25, -0.2) is 0 Å². The molecule has 5 heteroatoms. The fraction of sp³-hybridized carbons (Fsp3) is 0.500. The van der Waals surface area contributed by atoms with Crippen molar-refractivity contribution < 1.29 is 14.2 Å². The summed E-state index contributed by atoms with van der Waals surface area (Å²) in [5.74, 6) is 2.70. The van der Waals surface area contributed by atoms with Crippen molar-refractivity contribution in [3.05, 3.63) is 12.1 Å². The third-order valence-electron chi connectivity index (χ3n) is 2.33. The van der Waals surface area contributed by atoms with Crippen molar-refractivity contribution in [2.75, 3.05) is 39.1 Å². The average molecular weight is 260 g/mol. The van der Waals surface area contributed by atoms with Gasteiger partial charge in [0.05, 0.1) is 21.3 Å². The van der Waals surface area contributed by atoms with Gasteiger partial charge in [-0.2, -0.15) is 0 Å². The van der Waals surface area contributed by atoms with Crippen LogP contribution in [0.1, 0.15) is 6.42 Å². The SMILES string of the molecule is COc1cc(OC)c(NCCCCl)c(OC)c1. The van der Waals surface area contributed by atoms with Crippen molar-refractivity contribution in [2.24, 2.45) is 0 Å². The molecule has 0 aliphatic heterocycles. The Morgan fingerprint density at radius 2 is 1.65 bits per heavy atom. The molecule has 4 nitrogen and oxygen atoms in total. The van der Waals surface area contributed by atoms with E-state index in [0.717, 1.165) is 18.7 Å². The van der Waals surface area contributed by atoms with E-state index in [1.165, 1.54) is 0 Å². The van der Waals surface area contributed by atoms with Gasteiger partial charge in [-0.3, -0.25) is 0 Å². The number of halogens is 1. The Kier molecular flexibility index (Phi) is 5.77. The summed E-state index contributed by atoms with van der Waals surface area (Å²) in [5, 5.41) is 3.25. The van der Waals surface area contributed by atoms with E-state index in [9.17, 15) is 0 Å². The lowest BCUT2D eigenvalue weighted by atomic mass is 10.2. The predicted molar refractivity (Wildman–Crippen MR) is 69.9 cm³/mol. The van der Waals surface area contributed by atoms with Crippen LogP contribution in [0.25, 0.3) is 0 Å². The van der Waals surface area contributed by atoms with Crippen LogP contribution >= 0.6 is 11.6 Å². The second-order valence-corrected chi connectivity index (χ2v) is 3.75. The molecule has 0 spiro atoms. The van der Waals surface area contributed by atoms with Crippen LogP contribution in [0.15, 0.2) is 12.1 Å². The largest absolute Gasteiger partial charge is 0.496 e. The lowest BCUT2D eigenvalue weighted by molar-refractivity contribution is 0.377. The molecule has 0 fully saturated rings. The summed E-state index contributed by atoms with van der Waals surface area (Å²) < 4.78 is 15.8. The molecule has 0 saturated heterocycles. The number of nitrogens with one attached hydrogen (secondary N) is 1. The van der Waals surface area contributed by atoms with Crippen molar-refractivity contribution in [2.45, 2.75) is 6.42 Å². The third kappa shape index (κ3) is 3.60. The van der Waals surface area contributed by atoms with E-state index in [1.54, 1.807) is 21.3 Å². The molecule has 0 saturated carbocycles. The van der Waals surface area contributed by atoms with Crippen molar-refractivity contribution >= 4 is 17.3 Å². The van der Waals surface area contributed by atoms with Crippen molar-refractivity contribution in [3.63, 3.8) is 0 Å². The first-order valence-corrected chi connectivity index (χ1v) is 5.90. The molecule has 1 aromatic rings. The first kappa shape index (κ1) is 13.8. The number of hydrogen-bond acceptors (Lipinski definition) is 4. The summed E-state index contributed by atoms with van der Waals surface area (Å²) in [7, 11) is 4.83. The average Bonchev–Trinajstić information content (AvgIpc) is 2.38. The Morgan fingerprint density at radius 3 is 2.06 bits per heavy atom. The normalized spacial score (nSPS) is 9.88. The lowest BCUT2D eigenvalue weighted by Gasteiger charge is -2.16. The summed E-state index contributed by atoms with van der Waals surface area (Å²) in [4.78, 5) is 0. The van der Waals surface area contributed by atoms with E-state index >= 15 is 0 Å². The van der Waals surface area contributed by atoms with Gasteiger partial charge >= 0.3 is 0 Å². The van der Waals surface area contributed by atoms with E-state index in [4.69, 9.17) is 25.8 Å². The van der Waals surface area contributed by atoms with E-state index in [1.807, 2.05) is 12.1 Å². The van der Waals surface area contributed by atoms with Crippen LogP contribution < -0.4 is 19.5 Å². The standard InChI is InChI=1S/C12H18ClNO3/c1-15-9-7-10(16-2)12(11(8-9)17-3)14-6-4-5-13/h7-8,14H,4-6H2,1-3H3. The molecular weight excluding hydrogens is 242 g/mol. The zero-order chi connectivity index (χ0) is 12.7. The molecule has 0 unspecified atom stereocenters. The molecule has 0 atom stereocenters. The fourth-order valence-corrected chi connectivity index (χ4v) is 1.59. The van der Waals surface area contributed by atoms with E-state index in [2.05, 4.69) is 5.32 Å². The summed E-state index contributed by atoms with van der Waals surface area (Å²) in [6.07, 6.45) is 0.875. The van der Waals surface area contributed by atoms with Crippen LogP contribution in [0.4, 0.5) is 5.69 Å². The quantitative estimate of drug-likeness (QED) is 0.604. The fourth-order valence-electron chi connectivity index (χ4n) is 1.46. The van der Waals surface area contributed by atoms with Gasteiger partial charge in [-0.15, -0.1) is 11.6 Å². The maximum absolute atomic E-state index is 5.64. The Bertz CT molecular complexity index is 333. The minimum Gasteiger partial charge on any atom is -0.496 e. The number of hydrogen-bond donors (Lipinski definition) is 1. The van der Waals surface area contributed by atoms with Crippen LogP contribution in [-0.2, 0) is 0 Å².